The first-order chi connectivity index (χ1) is 19.5. The van der Waals surface area contributed by atoms with Gasteiger partial charge in [0, 0.05) is 31.6 Å². The van der Waals surface area contributed by atoms with Crippen LogP contribution in [0, 0.1) is 11.8 Å². The number of ether oxygens (including phenoxy) is 2. The summed E-state index contributed by atoms with van der Waals surface area (Å²) in [6.07, 6.45) is 6.51. The Kier molecular flexibility index (Phi) is 15.2. The Morgan fingerprint density at radius 1 is 1.22 bits per heavy atom. The Morgan fingerprint density at radius 2 is 1.95 bits per heavy atom. The zero-order valence-corrected chi connectivity index (χ0v) is 26.9. The minimum Gasteiger partial charge on any atom is -0.476 e. The van der Waals surface area contributed by atoms with Crippen LogP contribution < -0.4 is 5.32 Å². The highest BCUT2D eigenvalue weighted by Crippen LogP contribution is 2.31. The number of hydrogen-bond donors (Lipinski definition) is 2. The predicted octanol–water partition coefficient (Wildman–Crippen LogP) is 4.95. The number of carboxylic acid groups (broad SMARTS) is 1. The van der Waals surface area contributed by atoms with Crippen molar-refractivity contribution in [3.05, 3.63) is 16.1 Å². The van der Waals surface area contributed by atoms with Crippen molar-refractivity contribution in [2.24, 2.45) is 11.8 Å². The summed E-state index contributed by atoms with van der Waals surface area (Å²) in [5, 5.41) is 14.6. The molecule has 0 bridgehead atoms. The Labute approximate surface area is 250 Å². The number of nitrogens with one attached hydrogen (secondary N) is 1. The third-order valence-corrected chi connectivity index (χ3v) is 9.12. The number of amides is 2. The van der Waals surface area contributed by atoms with Crippen molar-refractivity contribution < 1.29 is 29.0 Å². The number of methoxy groups -OCH3 is 1. The van der Waals surface area contributed by atoms with E-state index in [-0.39, 0.29) is 48.2 Å². The van der Waals surface area contributed by atoms with Gasteiger partial charge in [-0.15, -0.1) is 11.3 Å². The summed E-state index contributed by atoms with van der Waals surface area (Å²) in [6, 6.07) is -1.23. The number of aromatic nitrogens is 1. The summed E-state index contributed by atoms with van der Waals surface area (Å²) < 4.78 is 11.8. The second kappa shape index (κ2) is 17.8. The Balaban J connectivity index is 2.36. The average molecular weight is 597 g/mol. The van der Waals surface area contributed by atoms with Crippen LogP contribution in [0.4, 0.5) is 0 Å². The fourth-order valence-corrected chi connectivity index (χ4v) is 6.15. The van der Waals surface area contributed by atoms with E-state index in [1.165, 1.54) is 16.7 Å². The molecule has 2 amide bonds. The van der Waals surface area contributed by atoms with Crippen molar-refractivity contribution in [1.29, 1.82) is 0 Å². The number of carboxylic acids is 1. The van der Waals surface area contributed by atoms with Crippen molar-refractivity contribution in [2.75, 3.05) is 34.0 Å². The Morgan fingerprint density at radius 3 is 2.51 bits per heavy atom. The number of piperidine rings is 1. The molecule has 2 N–H and O–H groups in total. The van der Waals surface area contributed by atoms with E-state index in [4.69, 9.17) is 9.47 Å². The number of likely N-dealkylation sites (N-methyl/N-ethyl adjacent to an activating group) is 1. The number of unbranched alkanes of at least 4 members (excludes halogenated alkanes) is 2. The van der Waals surface area contributed by atoms with E-state index in [2.05, 4.69) is 22.1 Å². The molecule has 0 spiro atoms. The van der Waals surface area contributed by atoms with Crippen molar-refractivity contribution in [2.45, 2.75) is 110 Å². The number of aromatic carboxylic acids is 1. The van der Waals surface area contributed by atoms with Crippen molar-refractivity contribution in [3.63, 3.8) is 0 Å². The molecule has 41 heavy (non-hydrogen) atoms. The van der Waals surface area contributed by atoms with E-state index >= 15 is 0 Å². The van der Waals surface area contributed by atoms with Gasteiger partial charge in [-0.25, -0.2) is 9.78 Å². The first-order valence-corrected chi connectivity index (χ1v) is 16.0. The topological polar surface area (TPSA) is 121 Å². The number of rotatable bonds is 18. The largest absolute Gasteiger partial charge is 0.476 e. The number of nitrogens with zero attached hydrogens (tertiary/aromatic N) is 3. The third-order valence-electron chi connectivity index (χ3n) is 8.18. The molecule has 1 aromatic rings. The summed E-state index contributed by atoms with van der Waals surface area (Å²) in [5.41, 5.74) is -0.0208. The summed E-state index contributed by atoms with van der Waals surface area (Å²) in [6.45, 7) is 11.8. The number of carbonyl (C=O) groups excluding carboxylic acids is 2. The second-order valence-corrected chi connectivity index (χ2v) is 12.5. The summed E-state index contributed by atoms with van der Waals surface area (Å²) in [4.78, 5) is 47.4. The van der Waals surface area contributed by atoms with Crippen LogP contribution in [0.15, 0.2) is 5.38 Å². The normalized spacial score (nSPS) is 19.0. The third kappa shape index (κ3) is 10.3. The van der Waals surface area contributed by atoms with Gasteiger partial charge in [0.25, 0.3) is 0 Å². The molecular weight excluding hydrogens is 544 g/mol. The molecule has 1 aromatic heterocycles. The lowest BCUT2D eigenvalue weighted by Crippen LogP contribution is -2.59. The molecule has 1 saturated heterocycles. The monoisotopic (exact) mass is 596 g/mol. The van der Waals surface area contributed by atoms with Gasteiger partial charge in [-0.3, -0.25) is 14.5 Å². The molecule has 2 rings (SSSR count). The summed E-state index contributed by atoms with van der Waals surface area (Å²) >= 11 is 1.24. The molecule has 11 heteroatoms. The van der Waals surface area contributed by atoms with Crippen LogP contribution in [0.25, 0.3) is 0 Å². The van der Waals surface area contributed by atoms with Crippen molar-refractivity contribution >= 4 is 29.1 Å². The number of likely N-dealkylation sites (tertiary alicyclic amines) is 1. The highest BCUT2D eigenvalue weighted by Gasteiger charge is 2.38. The minimum absolute atomic E-state index is 0.0208. The van der Waals surface area contributed by atoms with E-state index in [0.29, 0.717) is 18.0 Å². The van der Waals surface area contributed by atoms with Gasteiger partial charge in [-0.1, -0.05) is 60.3 Å². The van der Waals surface area contributed by atoms with Crippen LogP contribution in [0.1, 0.15) is 108 Å². The van der Waals surface area contributed by atoms with Gasteiger partial charge in [0.05, 0.1) is 6.04 Å². The first kappa shape index (κ1) is 35.1. The summed E-state index contributed by atoms with van der Waals surface area (Å²) in [7, 11) is 3.54. The van der Waals surface area contributed by atoms with E-state index in [1.807, 2.05) is 34.7 Å². The molecule has 0 aliphatic carbocycles. The lowest BCUT2D eigenvalue weighted by atomic mass is 9.92. The van der Waals surface area contributed by atoms with E-state index < -0.39 is 18.1 Å². The van der Waals surface area contributed by atoms with Gasteiger partial charge in [0.15, 0.2) is 5.69 Å². The Hall–Kier alpha value is -2.08. The van der Waals surface area contributed by atoms with Gasteiger partial charge >= 0.3 is 5.97 Å². The van der Waals surface area contributed by atoms with Crippen LogP contribution in [0.5, 0.6) is 0 Å². The fraction of sp³-hybridized carbons (Fsp3) is 0.800. The predicted molar refractivity (Wildman–Crippen MR) is 161 cm³/mol. The lowest BCUT2D eigenvalue weighted by molar-refractivity contribution is -0.149. The van der Waals surface area contributed by atoms with Gasteiger partial charge in [-0.05, 0) is 44.7 Å². The molecule has 1 fully saturated rings. The quantitative estimate of drug-likeness (QED) is 0.180. The van der Waals surface area contributed by atoms with Crippen LogP contribution >= 0.6 is 11.3 Å². The fourth-order valence-electron chi connectivity index (χ4n) is 5.27. The lowest BCUT2D eigenvalue weighted by Gasteiger charge is -2.40. The SMILES string of the molecule is CCCCCOCN(C(=O)[C@@H](NC(=O)[C@H]1CCCCN1C)[C@@H](C)CC)[C@H](C[C@@H](OC)c1nc(C(=O)O)cs1)C(C)C. The van der Waals surface area contributed by atoms with Gasteiger partial charge in [-0.2, -0.15) is 0 Å². The maximum atomic E-state index is 14.4. The minimum atomic E-state index is -1.09. The zero-order chi connectivity index (χ0) is 30.5. The van der Waals surface area contributed by atoms with Crippen LogP contribution in [-0.2, 0) is 19.1 Å². The molecular formula is C30H52N4O6S. The molecule has 2 heterocycles. The van der Waals surface area contributed by atoms with E-state index in [9.17, 15) is 19.5 Å². The average Bonchev–Trinajstić information content (AvgIpc) is 3.45. The molecule has 0 aromatic carbocycles. The van der Waals surface area contributed by atoms with Crippen molar-refractivity contribution in [3.8, 4) is 0 Å². The van der Waals surface area contributed by atoms with Crippen LogP contribution in [0.3, 0.4) is 0 Å². The maximum absolute atomic E-state index is 14.4. The maximum Gasteiger partial charge on any atom is 0.355 e. The molecule has 0 unspecified atom stereocenters. The number of thiazole rings is 1. The number of hydrogen-bond acceptors (Lipinski definition) is 8. The number of carbonyl (C=O) groups is 3. The highest BCUT2D eigenvalue weighted by molar-refractivity contribution is 7.09. The van der Waals surface area contributed by atoms with Gasteiger partial charge in [0.2, 0.25) is 11.8 Å². The van der Waals surface area contributed by atoms with E-state index in [0.717, 1.165) is 51.5 Å². The van der Waals surface area contributed by atoms with Gasteiger partial charge < -0.3 is 24.8 Å². The molecule has 0 radical (unpaired) electrons. The Bertz CT molecular complexity index is 957. The molecule has 5 atom stereocenters. The van der Waals surface area contributed by atoms with Crippen LogP contribution in [-0.4, -0.2) is 89.8 Å². The van der Waals surface area contributed by atoms with E-state index in [1.54, 1.807) is 12.0 Å². The van der Waals surface area contributed by atoms with Crippen molar-refractivity contribution in [1.82, 2.24) is 20.1 Å². The molecule has 1 aliphatic rings. The summed E-state index contributed by atoms with van der Waals surface area (Å²) in [5.74, 6) is -1.40. The standard InChI is InChI=1S/C30H52N4O6S/c1-8-10-13-16-40-19-34(24(20(3)4)17-25(39-7)28-31-22(18-41-28)30(37)38)29(36)26(21(5)9-2)32-27(35)23-14-11-12-15-33(23)6/h18,20-21,23-26H,8-17,19H2,1-7H3,(H,32,35)(H,37,38)/t21-,23+,24+,25+,26-/m0/s1. The van der Waals surface area contributed by atoms with Crippen LogP contribution in [0.2, 0.25) is 0 Å². The molecule has 1 aliphatic heterocycles. The highest BCUT2D eigenvalue weighted by atomic mass is 32.1. The van der Waals surface area contributed by atoms with Gasteiger partial charge in [0.1, 0.15) is 23.9 Å². The smallest absolute Gasteiger partial charge is 0.355 e. The molecule has 234 valence electrons. The molecule has 10 nitrogen and oxygen atoms in total. The first-order valence-electron chi connectivity index (χ1n) is 15.2. The zero-order valence-electron chi connectivity index (χ0n) is 26.1. The second-order valence-electron chi connectivity index (χ2n) is 11.6. The molecule has 0 saturated carbocycles.